The van der Waals surface area contributed by atoms with Crippen molar-refractivity contribution in [1.82, 2.24) is 0 Å². The molecular weight excluding hydrogens is 231 g/mol. The molecule has 4 heteroatoms. The summed E-state index contributed by atoms with van der Waals surface area (Å²) in [6.07, 6.45) is 0. The molecule has 0 aromatic carbocycles. The van der Waals surface area contributed by atoms with E-state index in [1.54, 1.807) is 0 Å². The predicted molar refractivity (Wildman–Crippen MR) is 17.6 cm³/mol. The normalized spacial score (nSPS) is 6.50. The van der Waals surface area contributed by atoms with E-state index in [1.165, 1.54) is 0 Å². The van der Waals surface area contributed by atoms with Crippen molar-refractivity contribution in [2.75, 3.05) is 0 Å². The monoisotopic (exact) mass is 232 g/mol. The average molecular weight is 232 g/mol. The van der Waals surface area contributed by atoms with Crippen LogP contribution in [0.5, 0.6) is 0 Å². The van der Waals surface area contributed by atoms with E-state index in [1.807, 2.05) is 0 Å². The molecule has 0 aromatic rings. The molecule has 0 rings (SSSR count). The van der Waals surface area contributed by atoms with Gasteiger partial charge in [-0.1, -0.05) is 0 Å². The summed E-state index contributed by atoms with van der Waals surface area (Å²) >= 11 is -0.513. The summed E-state index contributed by atoms with van der Waals surface area (Å²) in [6.45, 7) is 0. The summed E-state index contributed by atoms with van der Waals surface area (Å²) in [5.74, 6) is 0. The Bertz CT molecular complexity index is 29.0. The van der Waals surface area contributed by atoms with Crippen molar-refractivity contribution in [2.45, 2.75) is 0 Å². The Morgan fingerprint density at radius 2 is 2.00 bits per heavy atom. The van der Waals surface area contributed by atoms with E-state index in [2.05, 4.69) is 12.7 Å². The number of hydrogen-bond acceptors (Lipinski definition) is 1. The molecule has 24 valence electrons. The summed E-state index contributed by atoms with van der Waals surface area (Å²) in [6, 6.07) is 0. The molecule has 0 saturated heterocycles. The third kappa shape index (κ3) is 11.7. The Balaban J connectivity index is 2.80. The molecule has 1 N–H and O–H groups in total. The van der Waals surface area contributed by atoms with Gasteiger partial charge in [-0.15, -0.1) is 0 Å². The van der Waals surface area contributed by atoms with E-state index in [4.69, 9.17) is 3.44 Å². The van der Waals surface area contributed by atoms with Gasteiger partial charge in [0.25, 0.3) is 0 Å². The summed E-state index contributed by atoms with van der Waals surface area (Å²) in [5, 5.41) is 0. The quantitative estimate of drug-likeness (QED) is 0.586. The SMILES string of the molecule is [O]=[Sn]([OH])[Br]. The van der Waals surface area contributed by atoms with Gasteiger partial charge in [0.15, 0.2) is 0 Å². The van der Waals surface area contributed by atoms with Gasteiger partial charge in [-0.2, -0.15) is 0 Å². The Morgan fingerprint density at radius 3 is 2.00 bits per heavy atom. The van der Waals surface area contributed by atoms with Crippen LogP contribution in [0.15, 0.2) is 0 Å². The van der Waals surface area contributed by atoms with Crippen LogP contribution in [0.25, 0.3) is 0 Å². The van der Waals surface area contributed by atoms with E-state index in [0.717, 1.165) is 0 Å². The van der Waals surface area contributed by atoms with Crippen molar-refractivity contribution in [3.8, 4) is 0 Å². The van der Waals surface area contributed by atoms with Crippen LogP contribution in [0.2, 0.25) is 0 Å². The van der Waals surface area contributed by atoms with Crippen LogP contribution in [0.3, 0.4) is 0 Å². The fraction of sp³-hybridized carbons (Fsp3) is 0. The predicted octanol–water partition coefficient (Wildman–Crippen LogP) is -0.211. The van der Waals surface area contributed by atoms with Crippen LogP contribution in [0.4, 0.5) is 0 Å². The van der Waals surface area contributed by atoms with Crippen molar-refractivity contribution in [3.63, 3.8) is 0 Å². The van der Waals surface area contributed by atoms with Gasteiger partial charge in [0.1, 0.15) is 0 Å². The van der Waals surface area contributed by atoms with E-state index >= 15 is 0 Å². The second kappa shape index (κ2) is 2.29. The molecule has 4 heavy (non-hydrogen) atoms. The molecule has 0 radical (unpaired) electrons. The second-order valence-corrected chi connectivity index (χ2v) is 6.25. The average Bonchev–Trinajstić information content (AvgIpc) is 0.811. The Labute approximate surface area is 37.2 Å². The first-order valence-electron chi connectivity index (χ1n) is 0.617. The molecule has 0 atom stereocenters. The fourth-order valence-electron chi connectivity index (χ4n) is 0. The van der Waals surface area contributed by atoms with E-state index in [9.17, 15) is 3.08 Å². The van der Waals surface area contributed by atoms with Crippen molar-refractivity contribution >= 4 is 30.6 Å². The molecule has 0 aliphatic carbocycles. The summed E-state index contributed by atoms with van der Waals surface area (Å²) in [4.78, 5) is 0. The number of hydrogen-bond donors (Lipinski definition) is 1. The molecule has 0 fully saturated rings. The fourth-order valence-corrected chi connectivity index (χ4v) is 0. The molecular formula is HBrO2Sn. The molecule has 0 saturated carbocycles. The summed E-state index contributed by atoms with van der Waals surface area (Å²) in [7, 11) is 0. The van der Waals surface area contributed by atoms with E-state index in [-0.39, 0.29) is 0 Å². The Hall–Kier alpha value is 1.04. The minimum absolute atomic E-state index is 2.47. The molecule has 0 aliphatic rings. The van der Waals surface area contributed by atoms with Crippen LogP contribution < -0.4 is 0 Å². The van der Waals surface area contributed by atoms with Gasteiger partial charge in [-0.3, -0.25) is 0 Å². The maximum atomic E-state index is 9.20. The van der Waals surface area contributed by atoms with Gasteiger partial charge in [0.05, 0.1) is 0 Å². The topological polar surface area (TPSA) is 37.3 Å². The molecule has 2 nitrogen and oxygen atoms in total. The second-order valence-electron chi connectivity index (χ2n) is 0.253. The molecule has 0 aliphatic heterocycles. The van der Waals surface area contributed by atoms with Crippen LogP contribution in [-0.2, 0) is 3.08 Å². The van der Waals surface area contributed by atoms with Crippen LogP contribution in [-0.4, -0.2) is 21.4 Å². The zero-order valence-electron chi connectivity index (χ0n) is 1.73. The van der Waals surface area contributed by atoms with Crippen molar-refractivity contribution in [2.24, 2.45) is 0 Å². The van der Waals surface area contributed by atoms with Gasteiger partial charge < -0.3 is 0 Å². The zero-order chi connectivity index (χ0) is 3.58. The minimum atomic E-state index is -2.98. The van der Waals surface area contributed by atoms with Crippen LogP contribution in [0, 0.1) is 0 Å². The van der Waals surface area contributed by atoms with E-state index < -0.39 is 17.9 Å². The first-order chi connectivity index (χ1) is 1.73. The first-order valence-corrected chi connectivity index (χ1v) is 9.46. The summed E-state index contributed by atoms with van der Waals surface area (Å²) in [5.41, 5.74) is 0. The number of rotatable bonds is 0. The van der Waals surface area contributed by atoms with Gasteiger partial charge in [0.2, 0.25) is 0 Å². The third-order valence-corrected chi connectivity index (χ3v) is 0. The third-order valence-electron chi connectivity index (χ3n) is 0. The first kappa shape index (κ1) is 5.04. The van der Waals surface area contributed by atoms with Gasteiger partial charge >= 0.3 is 37.2 Å². The zero-order valence-corrected chi connectivity index (χ0v) is 6.17. The van der Waals surface area contributed by atoms with Gasteiger partial charge in [0, 0.05) is 0 Å². The van der Waals surface area contributed by atoms with Gasteiger partial charge in [-0.25, -0.2) is 0 Å². The van der Waals surface area contributed by atoms with Crippen LogP contribution in [0.1, 0.15) is 0 Å². The van der Waals surface area contributed by atoms with Crippen molar-refractivity contribution in [3.05, 3.63) is 0 Å². The summed E-state index contributed by atoms with van der Waals surface area (Å²) < 4.78 is 16.8. The van der Waals surface area contributed by atoms with Crippen molar-refractivity contribution < 1.29 is 6.52 Å². The molecule has 0 amide bonds. The Kier molecular flexibility index (Phi) is 2.88. The molecule has 0 unspecified atom stereocenters. The number of halogens is 1. The van der Waals surface area contributed by atoms with Gasteiger partial charge in [-0.05, 0) is 0 Å². The standard InChI is InChI=1S/BrH.H2O.O.Sn/h1H;1H2;;/q;;;+2/p-2. The Morgan fingerprint density at radius 1 is 2.00 bits per heavy atom. The molecule has 0 heterocycles. The molecule has 0 aromatic heterocycles. The van der Waals surface area contributed by atoms with E-state index in [0.29, 0.717) is 0 Å². The molecule has 0 bridgehead atoms. The van der Waals surface area contributed by atoms with Crippen molar-refractivity contribution in [1.29, 1.82) is 0 Å². The maximum absolute atomic E-state index is 9.20. The van der Waals surface area contributed by atoms with Crippen LogP contribution >= 0.6 is 12.7 Å². The molecule has 0 spiro atoms.